The summed E-state index contributed by atoms with van der Waals surface area (Å²) in [5, 5.41) is 16.8. The fraction of sp³-hybridized carbons (Fsp3) is 0.276. The summed E-state index contributed by atoms with van der Waals surface area (Å²) in [4.78, 5) is 64.8. The highest BCUT2D eigenvalue weighted by Gasteiger charge is 2.36. The summed E-state index contributed by atoms with van der Waals surface area (Å²) in [6.07, 6.45) is -0.00904. The van der Waals surface area contributed by atoms with Crippen molar-refractivity contribution < 1.29 is 29.1 Å². The molecule has 1 aliphatic heterocycles. The van der Waals surface area contributed by atoms with E-state index >= 15 is 0 Å². The van der Waals surface area contributed by atoms with E-state index in [0.717, 1.165) is 16.3 Å². The lowest BCUT2D eigenvalue weighted by molar-refractivity contribution is -0.139. The van der Waals surface area contributed by atoms with Crippen LogP contribution in [0.4, 0.5) is 11.4 Å². The van der Waals surface area contributed by atoms with E-state index in [0.29, 0.717) is 24.2 Å². The molecular weight excluding hydrogens is 500 g/mol. The first-order valence-corrected chi connectivity index (χ1v) is 12.7. The maximum Gasteiger partial charge on any atom is 0.305 e. The van der Waals surface area contributed by atoms with Gasteiger partial charge < -0.3 is 25.4 Å². The van der Waals surface area contributed by atoms with Gasteiger partial charge in [0, 0.05) is 13.0 Å². The first kappa shape index (κ1) is 27.5. The molecular formula is C29H30N4O6. The Morgan fingerprint density at radius 2 is 1.72 bits per heavy atom. The van der Waals surface area contributed by atoms with Gasteiger partial charge in [-0.2, -0.15) is 0 Å². The zero-order chi connectivity index (χ0) is 27.9. The van der Waals surface area contributed by atoms with E-state index in [1.54, 1.807) is 36.1 Å². The molecule has 10 heteroatoms. The molecule has 0 radical (unpaired) electrons. The number of anilines is 2. The number of carbonyl (C=O) groups is 5. The lowest BCUT2D eigenvalue weighted by Crippen LogP contribution is -2.53. The second-order valence-corrected chi connectivity index (χ2v) is 9.29. The topological polar surface area (TPSA) is 136 Å². The highest BCUT2D eigenvalue weighted by molar-refractivity contribution is 6.09. The number of carbonyl (C=O) groups excluding carboxylic acids is 4. The number of fused-ring (bicyclic) bond motifs is 2. The van der Waals surface area contributed by atoms with Crippen LogP contribution in [0.15, 0.2) is 66.7 Å². The highest BCUT2D eigenvalue weighted by Crippen LogP contribution is 2.33. The second-order valence-electron chi connectivity index (χ2n) is 9.29. The van der Waals surface area contributed by atoms with Crippen LogP contribution in [0.25, 0.3) is 10.8 Å². The number of rotatable bonds is 10. The number of benzene rings is 3. The third kappa shape index (κ3) is 6.47. The van der Waals surface area contributed by atoms with Gasteiger partial charge in [0.15, 0.2) is 0 Å². The molecule has 3 amide bonds. The van der Waals surface area contributed by atoms with Crippen LogP contribution in [0.3, 0.4) is 0 Å². The molecule has 3 N–H and O–H groups in total. The van der Waals surface area contributed by atoms with Crippen molar-refractivity contribution >= 4 is 52.1 Å². The molecule has 2 atom stereocenters. The van der Waals surface area contributed by atoms with E-state index in [1.807, 2.05) is 42.5 Å². The van der Waals surface area contributed by atoms with Crippen molar-refractivity contribution in [2.45, 2.75) is 38.4 Å². The molecule has 0 fully saturated rings. The number of nitrogens with one attached hydrogen (secondary N) is 2. The average Bonchev–Trinajstić information content (AvgIpc) is 3.05. The molecule has 0 bridgehead atoms. The van der Waals surface area contributed by atoms with E-state index in [2.05, 4.69) is 10.6 Å². The Bertz CT molecular complexity index is 1410. The summed E-state index contributed by atoms with van der Waals surface area (Å²) in [6.45, 7) is 1.69. The minimum atomic E-state index is -1.24. The van der Waals surface area contributed by atoms with Crippen molar-refractivity contribution in [3.63, 3.8) is 0 Å². The maximum atomic E-state index is 13.8. The second kappa shape index (κ2) is 12.3. The molecule has 1 heterocycles. The predicted molar refractivity (Wildman–Crippen MR) is 146 cm³/mol. The summed E-state index contributed by atoms with van der Waals surface area (Å²) in [5.41, 5.74) is 1.80. The Balaban J connectivity index is 1.62. The Morgan fingerprint density at radius 1 is 1.03 bits per heavy atom. The third-order valence-electron chi connectivity index (χ3n) is 6.57. The highest BCUT2D eigenvalue weighted by atomic mass is 16.4. The molecule has 0 saturated carbocycles. The molecule has 39 heavy (non-hydrogen) atoms. The van der Waals surface area contributed by atoms with Crippen molar-refractivity contribution in [1.29, 1.82) is 0 Å². The molecule has 202 valence electrons. The molecule has 0 unspecified atom stereocenters. The number of para-hydroxylation sites is 2. The van der Waals surface area contributed by atoms with Crippen LogP contribution < -0.4 is 20.4 Å². The smallest absolute Gasteiger partial charge is 0.305 e. The monoisotopic (exact) mass is 530 g/mol. The Labute approximate surface area is 225 Å². The largest absolute Gasteiger partial charge is 0.481 e. The van der Waals surface area contributed by atoms with E-state index in [9.17, 15) is 24.0 Å². The number of carboxylic acid groups (broad SMARTS) is 1. The molecule has 10 nitrogen and oxygen atoms in total. The molecule has 0 spiro atoms. The van der Waals surface area contributed by atoms with E-state index in [-0.39, 0.29) is 18.9 Å². The molecule has 1 aliphatic rings. The third-order valence-corrected chi connectivity index (χ3v) is 6.57. The molecule has 4 rings (SSSR count). The summed E-state index contributed by atoms with van der Waals surface area (Å²) in [5.74, 6) is -2.54. The zero-order valence-electron chi connectivity index (χ0n) is 21.5. The van der Waals surface area contributed by atoms with Crippen LogP contribution in [0.2, 0.25) is 0 Å². The average molecular weight is 531 g/mol. The molecule has 3 aromatic carbocycles. The van der Waals surface area contributed by atoms with Gasteiger partial charge in [0.05, 0.1) is 30.4 Å². The number of hydrogen-bond donors (Lipinski definition) is 3. The Morgan fingerprint density at radius 3 is 2.41 bits per heavy atom. The minimum absolute atomic E-state index is 0.0597. The van der Waals surface area contributed by atoms with Crippen molar-refractivity contribution in [2.24, 2.45) is 0 Å². The van der Waals surface area contributed by atoms with Crippen LogP contribution in [0, 0.1) is 0 Å². The van der Waals surface area contributed by atoms with Crippen LogP contribution in [0.1, 0.15) is 25.3 Å². The van der Waals surface area contributed by atoms with Gasteiger partial charge in [0.1, 0.15) is 18.9 Å². The van der Waals surface area contributed by atoms with Crippen LogP contribution >= 0.6 is 0 Å². The number of hydrogen-bond acceptors (Lipinski definition) is 6. The van der Waals surface area contributed by atoms with E-state index < -0.39 is 42.8 Å². The van der Waals surface area contributed by atoms with E-state index in [4.69, 9.17) is 5.11 Å². The minimum Gasteiger partial charge on any atom is -0.481 e. The van der Waals surface area contributed by atoms with E-state index in [1.165, 1.54) is 4.90 Å². The summed E-state index contributed by atoms with van der Waals surface area (Å²) < 4.78 is 0. The summed E-state index contributed by atoms with van der Waals surface area (Å²) >= 11 is 0. The SMILES string of the molecule is CCC(=O)N1C[C@H](NCc2ccc3ccccc3c2)C(=O)N(CC(=O)N[C@H](C=O)CC(=O)O)c2ccccc21. The lowest BCUT2D eigenvalue weighted by atomic mass is 10.1. The van der Waals surface area contributed by atoms with Gasteiger partial charge in [-0.1, -0.05) is 55.5 Å². The van der Waals surface area contributed by atoms with Crippen LogP contribution in [-0.4, -0.2) is 60.3 Å². The van der Waals surface area contributed by atoms with Gasteiger partial charge >= 0.3 is 5.97 Å². The number of aliphatic carboxylic acids is 1. The molecule has 0 aliphatic carbocycles. The first-order valence-electron chi connectivity index (χ1n) is 12.7. The van der Waals surface area contributed by atoms with Crippen molar-refractivity contribution in [3.05, 3.63) is 72.3 Å². The summed E-state index contributed by atoms with van der Waals surface area (Å²) in [7, 11) is 0. The van der Waals surface area contributed by atoms with Gasteiger partial charge in [-0.3, -0.25) is 24.1 Å². The molecule has 0 saturated heterocycles. The maximum absolute atomic E-state index is 13.8. The van der Waals surface area contributed by atoms with Gasteiger partial charge in [-0.25, -0.2) is 0 Å². The van der Waals surface area contributed by atoms with Crippen molar-refractivity contribution in [2.75, 3.05) is 22.9 Å². The fourth-order valence-corrected chi connectivity index (χ4v) is 4.64. The number of nitrogens with zero attached hydrogens (tertiary/aromatic N) is 2. The number of aldehydes is 1. The normalized spacial score (nSPS) is 15.8. The van der Waals surface area contributed by atoms with Crippen molar-refractivity contribution in [1.82, 2.24) is 10.6 Å². The Hall–Kier alpha value is -4.57. The quantitative estimate of drug-likeness (QED) is 0.342. The number of carboxylic acids is 1. The first-order chi connectivity index (χ1) is 18.8. The van der Waals surface area contributed by atoms with Crippen molar-refractivity contribution in [3.8, 4) is 0 Å². The van der Waals surface area contributed by atoms with Gasteiger partial charge in [0.2, 0.25) is 17.7 Å². The Kier molecular flexibility index (Phi) is 8.67. The lowest BCUT2D eigenvalue weighted by Gasteiger charge is -2.25. The molecule has 0 aromatic heterocycles. The summed E-state index contributed by atoms with van der Waals surface area (Å²) in [6, 6.07) is 18.7. The van der Waals surface area contributed by atoms with Gasteiger partial charge in [0.25, 0.3) is 0 Å². The van der Waals surface area contributed by atoms with Crippen LogP contribution in [-0.2, 0) is 30.5 Å². The molecule has 3 aromatic rings. The standard InChI is InChI=1S/C29H30N4O6/c1-2-27(36)32-16-23(30-15-19-11-12-20-7-3-4-8-21(20)13-19)29(39)33(25-10-6-5-9-24(25)32)17-26(35)31-22(18-34)14-28(37)38/h3-13,18,22-23,30H,2,14-17H2,1H3,(H,31,35)(H,37,38)/t22-,23-/m0/s1. The van der Waals surface area contributed by atoms with Gasteiger partial charge in [-0.05, 0) is 34.5 Å². The zero-order valence-corrected chi connectivity index (χ0v) is 21.5. The van der Waals surface area contributed by atoms with Crippen LogP contribution in [0.5, 0.6) is 0 Å². The van der Waals surface area contributed by atoms with Gasteiger partial charge in [-0.15, -0.1) is 0 Å². The number of amides is 3. The fourth-order valence-electron chi connectivity index (χ4n) is 4.64. The predicted octanol–water partition coefficient (Wildman–Crippen LogP) is 2.25.